The molecule has 0 fully saturated rings. The number of H-pyrrole nitrogens is 1. The molecule has 0 aliphatic carbocycles. The number of hydrogen-bond donors (Lipinski definition) is 2. The minimum absolute atomic E-state index is 0.186. The minimum Gasteiger partial charge on any atom is -0.507 e. The highest BCUT2D eigenvalue weighted by atomic mass is 16.5. The zero-order valence-corrected chi connectivity index (χ0v) is 7.69. The van der Waals surface area contributed by atoms with E-state index in [1.54, 1.807) is 37.7 Å². The van der Waals surface area contributed by atoms with Crippen LogP contribution in [0.5, 0.6) is 11.5 Å². The highest BCUT2D eigenvalue weighted by Gasteiger charge is 2.05. The van der Waals surface area contributed by atoms with Crippen molar-refractivity contribution in [3.8, 4) is 22.6 Å². The fourth-order valence-electron chi connectivity index (χ4n) is 1.28. The molecule has 0 saturated heterocycles. The third kappa shape index (κ3) is 1.42. The second-order valence-electron chi connectivity index (χ2n) is 2.87. The van der Waals surface area contributed by atoms with Gasteiger partial charge in [0.1, 0.15) is 11.5 Å². The maximum absolute atomic E-state index is 9.67. The zero-order chi connectivity index (χ0) is 9.97. The van der Waals surface area contributed by atoms with Crippen LogP contribution in [-0.2, 0) is 0 Å². The number of aromatic hydroxyl groups is 1. The van der Waals surface area contributed by atoms with E-state index in [2.05, 4.69) is 10.2 Å². The van der Waals surface area contributed by atoms with E-state index in [1.807, 2.05) is 0 Å². The molecule has 2 N–H and O–H groups in total. The quantitative estimate of drug-likeness (QED) is 0.759. The van der Waals surface area contributed by atoms with E-state index >= 15 is 0 Å². The lowest BCUT2D eigenvalue weighted by molar-refractivity contribution is 0.408. The number of hydrogen-bond acceptors (Lipinski definition) is 3. The Morgan fingerprint density at radius 2 is 2.29 bits per heavy atom. The molecule has 1 aromatic heterocycles. The Morgan fingerprint density at radius 3 is 2.86 bits per heavy atom. The number of ether oxygens (including phenoxy) is 1. The van der Waals surface area contributed by atoms with Gasteiger partial charge in [-0.1, -0.05) is 0 Å². The minimum atomic E-state index is 0.186. The average Bonchev–Trinajstić information content (AvgIpc) is 2.70. The van der Waals surface area contributed by atoms with Crippen molar-refractivity contribution >= 4 is 0 Å². The molecule has 4 nitrogen and oxygen atoms in total. The molecule has 0 radical (unpaired) electrons. The number of phenols is 1. The van der Waals surface area contributed by atoms with Gasteiger partial charge in [0.05, 0.1) is 13.3 Å². The Balaban J connectivity index is 2.46. The second-order valence-corrected chi connectivity index (χ2v) is 2.87. The molecule has 0 bridgehead atoms. The molecule has 0 atom stereocenters. The number of benzene rings is 1. The first-order valence-corrected chi connectivity index (χ1v) is 4.17. The summed E-state index contributed by atoms with van der Waals surface area (Å²) >= 11 is 0. The van der Waals surface area contributed by atoms with Crippen LogP contribution >= 0.6 is 0 Å². The largest absolute Gasteiger partial charge is 0.507 e. The lowest BCUT2D eigenvalue weighted by Crippen LogP contribution is -1.83. The Kier molecular flexibility index (Phi) is 2.10. The monoisotopic (exact) mass is 190 g/mol. The molecule has 4 heteroatoms. The summed E-state index contributed by atoms with van der Waals surface area (Å²) in [6.45, 7) is 0. The molecule has 0 amide bonds. The van der Waals surface area contributed by atoms with Crippen molar-refractivity contribution in [3.05, 3.63) is 30.6 Å². The third-order valence-electron chi connectivity index (χ3n) is 2.01. The first kappa shape index (κ1) is 8.62. The normalized spacial score (nSPS) is 10.1. The summed E-state index contributed by atoms with van der Waals surface area (Å²) in [5.41, 5.74) is 1.59. The van der Waals surface area contributed by atoms with Crippen LogP contribution in [0.4, 0.5) is 0 Å². The molecular weight excluding hydrogens is 180 g/mol. The SMILES string of the molecule is COc1ccc(-c2cn[nH]c2)c(O)c1. The van der Waals surface area contributed by atoms with E-state index in [9.17, 15) is 5.11 Å². The van der Waals surface area contributed by atoms with Gasteiger partial charge in [-0.3, -0.25) is 5.10 Å². The van der Waals surface area contributed by atoms with Gasteiger partial charge in [0.25, 0.3) is 0 Å². The van der Waals surface area contributed by atoms with Crippen molar-refractivity contribution in [2.75, 3.05) is 7.11 Å². The highest BCUT2D eigenvalue weighted by molar-refractivity contribution is 5.69. The number of nitrogens with zero attached hydrogens (tertiary/aromatic N) is 1. The fraction of sp³-hybridized carbons (Fsp3) is 0.100. The van der Waals surface area contributed by atoms with Crippen molar-refractivity contribution in [1.82, 2.24) is 10.2 Å². The van der Waals surface area contributed by atoms with Crippen LogP contribution < -0.4 is 4.74 Å². The van der Waals surface area contributed by atoms with Crippen molar-refractivity contribution < 1.29 is 9.84 Å². The van der Waals surface area contributed by atoms with Crippen molar-refractivity contribution in [1.29, 1.82) is 0 Å². The number of aromatic amines is 1. The maximum atomic E-state index is 9.67. The van der Waals surface area contributed by atoms with Crippen LogP contribution in [0.3, 0.4) is 0 Å². The van der Waals surface area contributed by atoms with Gasteiger partial charge in [-0.15, -0.1) is 0 Å². The lowest BCUT2D eigenvalue weighted by atomic mass is 10.1. The predicted molar refractivity (Wildman–Crippen MR) is 52.2 cm³/mol. The van der Waals surface area contributed by atoms with Gasteiger partial charge in [0, 0.05) is 23.4 Å². The van der Waals surface area contributed by atoms with Gasteiger partial charge >= 0.3 is 0 Å². The molecule has 2 aromatic rings. The number of aromatic nitrogens is 2. The average molecular weight is 190 g/mol. The Hall–Kier alpha value is -1.97. The third-order valence-corrected chi connectivity index (χ3v) is 2.01. The van der Waals surface area contributed by atoms with E-state index in [1.165, 1.54) is 0 Å². The van der Waals surface area contributed by atoms with Gasteiger partial charge in [-0.05, 0) is 12.1 Å². The highest BCUT2D eigenvalue weighted by Crippen LogP contribution is 2.31. The van der Waals surface area contributed by atoms with E-state index < -0.39 is 0 Å². The summed E-state index contributed by atoms with van der Waals surface area (Å²) in [5, 5.41) is 16.2. The summed E-state index contributed by atoms with van der Waals surface area (Å²) in [6.07, 6.45) is 3.38. The van der Waals surface area contributed by atoms with Crippen LogP contribution in [0.25, 0.3) is 11.1 Å². The number of phenolic OH excluding ortho intramolecular Hbond substituents is 1. The maximum Gasteiger partial charge on any atom is 0.127 e. The van der Waals surface area contributed by atoms with Crippen LogP contribution in [0.2, 0.25) is 0 Å². The summed E-state index contributed by atoms with van der Waals surface area (Å²) in [5.74, 6) is 0.820. The van der Waals surface area contributed by atoms with Gasteiger partial charge in [-0.2, -0.15) is 5.10 Å². The van der Waals surface area contributed by atoms with E-state index in [-0.39, 0.29) is 5.75 Å². The van der Waals surface area contributed by atoms with E-state index in [0.717, 1.165) is 11.1 Å². The number of nitrogens with one attached hydrogen (secondary N) is 1. The summed E-state index contributed by atoms with van der Waals surface area (Å²) in [6, 6.07) is 5.16. The molecule has 2 rings (SSSR count). The van der Waals surface area contributed by atoms with Crippen LogP contribution in [-0.4, -0.2) is 22.4 Å². The van der Waals surface area contributed by atoms with Crippen molar-refractivity contribution in [2.24, 2.45) is 0 Å². The Labute approximate surface area is 81.2 Å². The summed E-state index contributed by atoms with van der Waals surface area (Å²) in [4.78, 5) is 0. The molecule has 0 aliphatic rings. The predicted octanol–water partition coefficient (Wildman–Crippen LogP) is 1.79. The molecule has 1 aromatic carbocycles. The van der Waals surface area contributed by atoms with Gasteiger partial charge < -0.3 is 9.84 Å². The van der Waals surface area contributed by atoms with Gasteiger partial charge in [0.2, 0.25) is 0 Å². The number of rotatable bonds is 2. The molecular formula is C10H10N2O2. The van der Waals surface area contributed by atoms with Crippen LogP contribution in [0, 0.1) is 0 Å². The first-order valence-electron chi connectivity index (χ1n) is 4.17. The molecule has 0 unspecified atom stereocenters. The van der Waals surface area contributed by atoms with Crippen LogP contribution in [0.1, 0.15) is 0 Å². The van der Waals surface area contributed by atoms with Gasteiger partial charge in [0.15, 0.2) is 0 Å². The smallest absolute Gasteiger partial charge is 0.127 e. The molecule has 14 heavy (non-hydrogen) atoms. The van der Waals surface area contributed by atoms with Crippen molar-refractivity contribution in [2.45, 2.75) is 0 Å². The van der Waals surface area contributed by atoms with Crippen LogP contribution in [0.15, 0.2) is 30.6 Å². The topological polar surface area (TPSA) is 58.1 Å². The standard InChI is InChI=1S/C10H10N2O2/c1-14-8-2-3-9(10(13)4-8)7-5-11-12-6-7/h2-6,13H,1H3,(H,11,12). The molecule has 72 valence electrons. The molecule has 0 spiro atoms. The molecule has 1 heterocycles. The molecule has 0 aliphatic heterocycles. The fourth-order valence-corrected chi connectivity index (χ4v) is 1.28. The van der Waals surface area contributed by atoms with Crippen molar-refractivity contribution in [3.63, 3.8) is 0 Å². The summed E-state index contributed by atoms with van der Waals surface area (Å²) < 4.78 is 4.98. The Bertz CT molecular complexity index is 424. The first-order chi connectivity index (χ1) is 6.81. The van der Waals surface area contributed by atoms with Gasteiger partial charge in [-0.25, -0.2) is 0 Å². The van der Waals surface area contributed by atoms with E-state index in [4.69, 9.17) is 4.74 Å². The summed E-state index contributed by atoms with van der Waals surface area (Å²) in [7, 11) is 1.56. The van der Waals surface area contributed by atoms with E-state index in [0.29, 0.717) is 5.75 Å². The number of methoxy groups -OCH3 is 1. The second kappa shape index (κ2) is 3.41. The molecule has 0 saturated carbocycles. The lowest BCUT2D eigenvalue weighted by Gasteiger charge is -2.04. The zero-order valence-electron chi connectivity index (χ0n) is 7.69. The Morgan fingerprint density at radius 1 is 1.43 bits per heavy atom.